The van der Waals surface area contributed by atoms with E-state index in [2.05, 4.69) is 43.4 Å². The number of anilines is 1. The Kier molecular flexibility index (Phi) is 5.17. The molecular formula is C21H31NO2. The number of rotatable bonds is 4. The summed E-state index contributed by atoms with van der Waals surface area (Å²) < 4.78 is 0. The van der Waals surface area contributed by atoms with Gasteiger partial charge in [0.25, 0.3) is 0 Å². The lowest BCUT2D eigenvalue weighted by molar-refractivity contribution is -0.143. The Balaban J connectivity index is 1.61. The van der Waals surface area contributed by atoms with Crippen LogP contribution in [0.5, 0.6) is 0 Å². The normalized spacial score (nSPS) is 27.6. The minimum atomic E-state index is -0.659. The quantitative estimate of drug-likeness (QED) is 0.775. The predicted molar refractivity (Wildman–Crippen MR) is 98.4 cm³/mol. The van der Waals surface area contributed by atoms with E-state index in [-0.39, 0.29) is 12.0 Å². The molecule has 0 amide bonds. The first-order valence-corrected chi connectivity index (χ1v) is 9.54. The molecule has 2 aliphatic carbocycles. The molecule has 3 rings (SSSR count). The van der Waals surface area contributed by atoms with Crippen molar-refractivity contribution >= 4 is 11.7 Å². The molecule has 3 heteroatoms. The Bertz CT molecular complexity index is 554. The van der Waals surface area contributed by atoms with Crippen LogP contribution in [-0.2, 0) is 4.79 Å². The Morgan fingerprint density at radius 1 is 1.04 bits per heavy atom. The van der Waals surface area contributed by atoms with Gasteiger partial charge in [-0.25, -0.2) is 0 Å². The molecule has 0 bridgehead atoms. The zero-order valence-corrected chi connectivity index (χ0v) is 15.1. The van der Waals surface area contributed by atoms with Crippen molar-refractivity contribution < 1.29 is 9.90 Å². The van der Waals surface area contributed by atoms with E-state index in [0.29, 0.717) is 11.3 Å². The highest BCUT2D eigenvalue weighted by atomic mass is 16.4. The van der Waals surface area contributed by atoms with Gasteiger partial charge in [-0.3, -0.25) is 4.79 Å². The van der Waals surface area contributed by atoms with E-state index < -0.39 is 5.97 Å². The lowest BCUT2D eigenvalue weighted by atomic mass is 9.71. The van der Waals surface area contributed by atoms with Gasteiger partial charge >= 0.3 is 5.97 Å². The second kappa shape index (κ2) is 7.16. The van der Waals surface area contributed by atoms with Crippen LogP contribution in [0.1, 0.15) is 76.7 Å². The van der Waals surface area contributed by atoms with Crippen LogP contribution in [0, 0.1) is 11.3 Å². The summed E-state index contributed by atoms with van der Waals surface area (Å²) in [6.07, 6.45) is 9.08. The maximum absolute atomic E-state index is 11.4. The molecule has 0 aromatic heterocycles. The highest BCUT2D eigenvalue weighted by Crippen LogP contribution is 2.42. The van der Waals surface area contributed by atoms with Crippen LogP contribution in [0.25, 0.3) is 0 Å². The molecule has 0 heterocycles. The Labute approximate surface area is 145 Å². The number of benzene rings is 1. The minimum Gasteiger partial charge on any atom is -0.481 e. The van der Waals surface area contributed by atoms with E-state index in [4.69, 9.17) is 0 Å². The maximum atomic E-state index is 11.4. The predicted octanol–water partition coefficient (Wildman–Crippen LogP) is 5.43. The van der Waals surface area contributed by atoms with Crippen molar-refractivity contribution in [1.29, 1.82) is 0 Å². The van der Waals surface area contributed by atoms with Crippen LogP contribution in [0.4, 0.5) is 5.69 Å². The summed E-state index contributed by atoms with van der Waals surface area (Å²) in [7, 11) is 0. The summed E-state index contributed by atoms with van der Waals surface area (Å²) in [5.74, 6) is -0.221. The SMILES string of the molecule is CC1(C)CCC(c2ccc(NC3CCCCC3C(=O)O)cc2)CC1. The fourth-order valence-corrected chi connectivity index (χ4v) is 4.40. The largest absolute Gasteiger partial charge is 0.481 e. The van der Waals surface area contributed by atoms with Crippen LogP contribution in [0.2, 0.25) is 0 Å². The Morgan fingerprint density at radius 2 is 1.67 bits per heavy atom. The Hall–Kier alpha value is -1.51. The molecule has 132 valence electrons. The van der Waals surface area contributed by atoms with E-state index in [1.165, 1.54) is 31.2 Å². The molecule has 0 spiro atoms. The van der Waals surface area contributed by atoms with Gasteiger partial charge in [0.1, 0.15) is 0 Å². The second-order valence-electron chi connectivity index (χ2n) is 8.54. The van der Waals surface area contributed by atoms with E-state index in [9.17, 15) is 9.90 Å². The zero-order valence-electron chi connectivity index (χ0n) is 15.1. The maximum Gasteiger partial charge on any atom is 0.308 e. The fourth-order valence-electron chi connectivity index (χ4n) is 4.40. The van der Waals surface area contributed by atoms with Crippen LogP contribution in [0.15, 0.2) is 24.3 Å². The molecule has 1 aromatic carbocycles. The molecule has 0 radical (unpaired) electrons. The fraction of sp³-hybridized carbons (Fsp3) is 0.667. The minimum absolute atomic E-state index is 0.0672. The summed E-state index contributed by atoms with van der Waals surface area (Å²) in [6, 6.07) is 8.83. The Morgan fingerprint density at radius 3 is 2.29 bits per heavy atom. The molecule has 2 fully saturated rings. The van der Waals surface area contributed by atoms with Gasteiger partial charge in [0, 0.05) is 11.7 Å². The summed E-state index contributed by atoms with van der Waals surface area (Å²) in [6.45, 7) is 4.75. The van der Waals surface area contributed by atoms with E-state index in [1.54, 1.807) is 0 Å². The molecule has 2 N–H and O–H groups in total. The van der Waals surface area contributed by atoms with Gasteiger partial charge in [-0.15, -0.1) is 0 Å². The van der Waals surface area contributed by atoms with Crippen LogP contribution in [0.3, 0.4) is 0 Å². The van der Waals surface area contributed by atoms with Crippen LogP contribution >= 0.6 is 0 Å². The molecule has 2 unspecified atom stereocenters. The molecule has 24 heavy (non-hydrogen) atoms. The zero-order chi connectivity index (χ0) is 17.2. The van der Waals surface area contributed by atoms with Crippen molar-refractivity contribution in [3.8, 4) is 0 Å². The lowest BCUT2D eigenvalue weighted by Gasteiger charge is -2.34. The first-order chi connectivity index (χ1) is 11.4. The number of hydrogen-bond donors (Lipinski definition) is 2. The van der Waals surface area contributed by atoms with Gasteiger partial charge in [-0.2, -0.15) is 0 Å². The second-order valence-corrected chi connectivity index (χ2v) is 8.54. The highest BCUT2D eigenvalue weighted by Gasteiger charge is 2.31. The summed E-state index contributed by atoms with van der Waals surface area (Å²) in [4.78, 5) is 11.4. The van der Waals surface area contributed by atoms with Crippen molar-refractivity contribution in [3.63, 3.8) is 0 Å². The number of carboxylic acids is 1. The van der Waals surface area contributed by atoms with Crippen LogP contribution in [-0.4, -0.2) is 17.1 Å². The molecule has 1 aromatic rings. The molecule has 2 atom stereocenters. The molecule has 2 aliphatic rings. The summed E-state index contributed by atoms with van der Waals surface area (Å²) in [5, 5.41) is 12.9. The molecular weight excluding hydrogens is 298 g/mol. The van der Waals surface area contributed by atoms with Gasteiger partial charge in [-0.1, -0.05) is 38.8 Å². The first kappa shape index (κ1) is 17.3. The van der Waals surface area contributed by atoms with Gasteiger partial charge in [0.15, 0.2) is 0 Å². The average Bonchev–Trinajstić information content (AvgIpc) is 2.56. The molecule has 0 saturated heterocycles. The molecule has 2 saturated carbocycles. The number of carbonyl (C=O) groups is 1. The van der Waals surface area contributed by atoms with E-state index >= 15 is 0 Å². The van der Waals surface area contributed by atoms with Gasteiger partial charge in [0.2, 0.25) is 0 Å². The third kappa shape index (κ3) is 4.12. The summed E-state index contributed by atoms with van der Waals surface area (Å²) >= 11 is 0. The van der Waals surface area contributed by atoms with E-state index in [1.807, 2.05) is 0 Å². The summed E-state index contributed by atoms with van der Waals surface area (Å²) in [5.41, 5.74) is 3.01. The van der Waals surface area contributed by atoms with Crippen molar-refractivity contribution in [2.45, 2.75) is 77.2 Å². The third-order valence-corrected chi connectivity index (χ3v) is 6.16. The number of hydrogen-bond acceptors (Lipinski definition) is 2. The molecule has 0 aliphatic heterocycles. The number of carboxylic acid groups (broad SMARTS) is 1. The lowest BCUT2D eigenvalue weighted by Crippen LogP contribution is -2.37. The number of aliphatic carboxylic acids is 1. The smallest absolute Gasteiger partial charge is 0.308 e. The standard InChI is InChI=1S/C21H31NO2/c1-21(2)13-11-16(12-14-21)15-7-9-17(10-8-15)22-19-6-4-3-5-18(19)20(23)24/h7-10,16,18-19,22H,3-6,11-14H2,1-2H3,(H,23,24). The third-order valence-electron chi connectivity index (χ3n) is 6.16. The van der Waals surface area contributed by atoms with Gasteiger partial charge in [0.05, 0.1) is 5.92 Å². The molecule has 3 nitrogen and oxygen atoms in total. The topological polar surface area (TPSA) is 49.3 Å². The van der Waals surface area contributed by atoms with Gasteiger partial charge < -0.3 is 10.4 Å². The number of nitrogens with one attached hydrogen (secondary N) is 1. The van der Waals surface area contributed by atoms with Crippen molar-refractivity contribution in [1.82, 2.24) is 0 Å². The highest BCUT2D eigenvalue weighted by molar-refractivity contribution is 5.71. The van der Waals surface area contributed by atoms with Crippen molar-refractivity contribution in [3.05, 3.63) is 29.8 Å². The van der Waals surface area contributed by atoms with E-state index in [0.717, 1.165) is 31.4 Å². The average molecular weight is 329 g/mol. The first-order valence-electron chi connectivity index (χ1n) is 9.54. The van der Waals surface area contributed by atoms with Crippen molar-refractivity contribution in [2.24, 2.45) is 11.3 Å². The van der Waals surface area contributed by atoms with Crippen molar-refractivity contribution in [2.75, 3.05) is 5.32 Å². The monoisotopic (exact) mass is 329 g/mol. The van der Waals surface area contributed by atoms with Gasteiger partial charge in [-0.05, 0) is 67.6 Å². The van der Waals surface area contributed by atoms with Crippen LogP contribution < -0.4 is 5.32 Å².